The molecule has 0 N–H and O–H groups in total. The Bertz CT molecular complexity index is 1410. The maximum absolute atomic E-state index is 13.7. The molecule has 7 nitrogen and oxygen atoms in total. The normalized spacial score (nSPS) is 17.0. The number of amides is 1. The number of hydrogen-bond acceptors (Lipinski definition) is 5. The molecule has 1 saturated heterocycles. The zero-order valence-corrected chi connectivity index (χ0v) is 22.3. The van der Waals surface area contributed by atoms with Crippen molar-refractivity contribution >= 4 is 33.8 Å². The van der Waals surface area contributed by atoms with E-state index < -0.39 is 15.9 Å². The molecule has 1 aliphatic heterocycles. The molecule has 1 fully saturated rings. The highest BCUT2D eigenvalue weighted by molar-refractivity contribution is 7.89. The van der Waals surface area contributed by atoms with Crippen molar-refractivity contribution in [1.29, 1.82) is 0 Å². The number of rotatable bonds is 6. The summed E-state index contributed by atoms with van der Waals surface area (Å²) in [5.41, 5.74) is 5.34. The van der Waals surface area contributed by atoms with Crippen LogP contribution in [0, 0.1) is 33.6 Å². The number of piperidine rings is 1. The molecule has 0 aliphatic carbocycles. The van der Waals surface area contributed by atoms with Crippen LogP contribution >= 0.6 is 0 Å². The highest BCUT2D eigenvalue weighted by Crippen LogP contribution is 2.30. The van der Waals surface area contributed by atoms with E-state index in [4.69, 9.17) is 4.52 Å². The van der Waals surface area contributed by atoms with Crippen LogP contribution in [-0.4, -0.2) is 43.9 Å². The Balaban J connectivity index is 1.58. The molecule has 0 spiro atoms. The molecule has 1 aliphatic rings. The zero-order valence-electron chi connectivity index (χ0n) is 21.5. The average Bonchev–Trinajstić information content (AvgIpc) is 3.24. The standard InChI is InChI=1S/C28H33N3O4S/c1-19-8-6-10-25(17-19)30(5)28(32)24-9-7-15-31(18-24)36(33,34)27-22(4)29-35-26(27)14-13-23-16-20(2)11-12-21(23)3/h6,8,10-14,16-17,24H,7,9,15,18H2,1-5H3. The third-order valence-electron chi connectivity index (χ3n) is 6.73. The lowest BCUT2D eigenvalue weighted by atomic mass is 9.98. The summed E-state index contributed by atoms with van der Waals surface area (Å²) >= 11 is 0. The van der Waals surface area contributed by atoms with Crippen molar-refractivity contribution in [3.8, 4) is 0 Å². The van der Waals surface area contributed by atoms with E-state index in [0.717, 1.165) is 27.9 Å². The Morgan fingerprint density at radius 1 is 1.08 bits per heavy atom. The highest BCUT2D eigenvalue weighted by Gasteiger charge is 2.37. The van der Waals surface area contributed by atoms with Crippen molar-refractivity contribution in [3.63, 3.8) is 0 Å². The number of benzene rings is 2. The predicted octanol–water partition coefficient (Wildman–Crippen LogP) is 5.14. The summed E-state index contributed by atoms with van der Waals surface area (Å²) < 4.78 is 34.3. The van der Waals surface area contributed by atoms with Crippen molar-refractivity contribution in [2.24, 2.45) is 5.92 Å². The van der Waals surface area contributed by atoms with Gasteiger partial charge in [0.2, 0.25) is 15.9 Å². The molecular weight excluding hydrogens is 474 g/mol. The summed E-state index contributed by atoms with van der Waals surface area (Å²) in [6.45, 7) is 8.10. The number of carbonyl (C=O) groups is 1. The Kier molecular flexibility index (Phi) is 7.47. The van der Waals surface area contributed by atoms with E-state index in [0.29, 0.717) is 25.1 Å². The molecule has 36 heavy (non-hydrogen) atoms. The van der Waals surface area contributed by atoms with Crippen molar-refractivity contribution in [2.75, 3.05) is 25.0 Å². The van der Waals surface area contributed by atoms with Crippen molar-refractivity contribution in [3.05, 3.63) is 76.2 Å². The maximum atomic E-state index is 13.7. The van der Waals surface area contributed by atoms with E-state index in [-0.39, 0.29) is 23.1 Å². The second-order valence-electron chi connectivity index (χ2n) is 9.59. The molecule has 8 heteroatoms. The first-order chi connectivity index (χ1) is 17.1. The summed E-state index contributed by atoms with van der Waals surface area (Å²) in [6, 6.07) is 13.8. The highest BCUT2D eigenvalue weighted by atomic mass is 32.2. The summed E-state index contributed by atoms with van der Waals surface area (Å²) in [5.74, 6) is -0.315. The molecule has 1 amide bonds. The van der Waals surface area contributed by atoms with Crippen molar-refractivity contribution in [1.82, 2.24) is 9.46 Å². The molecule has 0 saturated carbocycles. The van der Waals surface area contributed by atoms with Gasteiger partial charge in [-0.3, -0.25) is 4.79 Å². The molecule has 3 aromatic rings. The topological polar surface area (TPSA) is 83.7 Å². The van der Waals surface area contributed by atoms with Gasteiger partial charge in [-0.15, -0.1) is 0 Å². The summed E-state index contributed by atoms with van der Waals surface area (Å²) in [7, 11) is -2.17. The Hall–Kier alpha value is -3.23. The molecular formula is C28H33N3O4S. The predicted molar refractivity (Wildman–Crippen MR) is 142 cm³/mol. The van der Waals surface area contributed by atoms with Crippen LogP contribution in [0.4, 0.5) is 5.69 Å². The van der Waals surface area contributed by atoms with Crippen LogP contribution in [0.1, 0.15) is 46.5 Å². The Morgan fingerprint density at radius 3 is 2.58 bits per heavy atom. The van der Waals surface area contributed by atoms with Crippen LogP contribution in [0.15, 0.2) is 51.9 Å². The number of nitrogens with zero attached hydrogens (tertiary/aromatic N) is 3. The maximum Gasteiger partial charge on any atom is 0.248 e. The fraction of sp³-hybridized carbons (Fsp3) is 0.357. The number of sulfonamides is 1. The fourth-order valence-electron chi connectivity index (χ4n) is 4.63. The molecule has 2 aromatic carbocycles. The van der Waals surface area contributed by atoms with Gasteiger partial charge in [-0.05, 0) is 75.4 Å². The molecule has 0 bridgehead atoms. The van der Waals surface area contributed by atoms with E-state index in [1.807, 2.05) is 69.3 Å². The van der Waals surface area contributed by atoms with Crippen molar-refractivity contribution < 1.29 is 17.7 Å². The molecule has 190 valence electrons. The van der Waals surface area contributed by atoms with E-state index in [9.17, 15) is 13.2 Å². The minimum Gasteiger partial charge on any atom is -0.355 e. The van der Waals surface area contributed by atoms with Gasteiger partial charge in [0.25, 0.3) is 0 Å². The molecule has 1 unspecified atom stereocenters. The number of carbonyl (C=O) groups excluding carboxylic acids is 1. The molecule has 1 atom stereocenters. The van der Waals surface area contributed by atoms with E-state index in [2.05, 4.69) is 5.16 Å². The molecule has 0 radical (unpaired) electrons. The summed E-state index contributed by atoms with van der Waals surface area (Å²) in [6.07, 6.45) is 4.76. The van der Waals surface area contributed by atoms with Gasteiger partial charge < -0.3 is 9.42 Å². The van der Waals surface area contributed by atoms with Crippen LogP contribution in [0.3, 0.4) is 0 Å². The summed E-state index contributed by atoms with van der Waals surface area (Å²) in [4.78, 5) is 15.0. The van der Waals surface area contributed by atoms with E-state index in [1.54, 1.807) is 24.9 Å². The largest absolute Gasteiger partial charge is 0.355 e. The van der Waals surface area contributed by atoms with Gasteiger partial charge in [0.1, 0.15) is 5.69 Å². The number of hydrogen-bond donors (Lipinski definition) is 0. The Morgan fingerprint density at radius 2 is 1.83 bits per heavy atom. The average molecular weight is 508 g/mol. The first kappa shape index (κ1) is 25.9. The smallest absolute Gasteiger partial charge is 0.248 e. The Labute approximate surface area is 213 Å². The van der Waals surface area contributed by atoms with Crippen LogP contribution in [0.5, 0.6) is 0 Å². The van der Waals surface area contributed by atoms with Gasteiger partial charge in [0.05, 0.1) is 5.92 Å². The van der Waals surface area contributed by atoms with Crippen LogP contribution in [0.2, 0.25) is 0 Å². The number of aryl methyl sites for hydroxylation is 4. The number of anilines is 1. The van der Waals surface area contributed by atoms with Gasteiger partial charge in [0, 0.05) is 25.8 Å². The van der Waals surface area contributed by atoms with E-state index in [1.165, 1.54) is 4.31 Å². The van der Waals surface area contributed by atoms with Crippen LogP contribution in [-0.2, 0) is 14.8 Å². The minimum absolute atomic E-state index is 0.0594. The quantitative estimate of drug-likeness (QED) is 0.461. The minimum atomic E-state index is -3.91. The molecule has 4 rings (SSSR count). The van der Waals surface area contributed by atoms with Gasteiger partial charge in [0.15, 0.2) is 10.7 Å². The van der Waals surface area contributed by atoms with Crippen molar-refractivity contribution in [2.45, 2.75) is 45.4 Å². The molecule has 1 aromatic heterocycles. The zero-order chi connectivity index (χ0) is 26.0. The second kappa shape index (κ2) is 10.4. The van der Waals surface area contributed by atoms with E-state index >= 15 is 0 Å². The second-order valence-corrected chi connectivity index (χ2v) is 11.5. The summed E-state index contributed by atoms with van der Waals surface area (Å²) in [5, 5.41) is 3.95. The van der Waals surface area contributed by atoms with Gasteiger partial charge >= 0.3 is 0 Å². The third-order valence-corrected chi connectivity index (χ3v) is 8.76. The number of aromatic nitrogens is 1. The lowest BCUT2D eigenvalue weighted by molar-refractivity contribution is -0.123. The first-order valence-corrected chi connectivity index (χ1v) is 13.6. The lowest BCUT2D eigenvalue weighted by Crippen LogP contribution is -2.46. The molecule has 2 heterocycles. The van der Waals surface area contributed by atoms with Crippen LogP contribution in [0.25, 0.3) is 12.2 Å². The lowest BCUT2D eigenvalue weighted by Gasteiger charge is -2.33. The third kappa shape index (κ3) is 5.29. The van der Waals surface area contributed by atoms with Gasteiger partial charge in [-0.25, -0.2) is 8.42 Å². The van der Waals surface area contributed by atoms with Gasteiger partial charge in [-0.2, -0.15) is 4.31 Å². The SMILES string of the molecule is Cc1cccc(N(C)C(=O)C2CCCN(S(=O)(=O)c3c(C)noc3C=Cc3cc(C)ccc3C)C2)c1. The fourth-order valence-corrected chi connectivity index (χ4v) is 6.41. The first-order valence-electron chi connectivity index (χ1n) is 12.1. The van der Waals surface area contributed by atoms with Crippen LogP contribution < -0.4 is 4.90 Å². The monoisotopic (exact) mass is 507 g/mol. The van der Waals surface area contributed by atoms with Gasteiger partial charge in [-0.1, -0.05) is 47.1 Å².